The Labute approximate surface area is 322 Å². The first-order valence-corrected chi connectivity index (χ1v) is 19.2. The normalized spacial score (nSPS) is 16.0. The monoisotopic (exact) mass is 756 g/mol. The van der Waals surface area contributed by atoms with Crippen molar-refractivity contribution in [3.63, 3.8) is 0 Å². The van der Waals surface area contributed by atoms with Gasteiger partial charge in [0.25, 0.3) is 22.9 Å². The lowest BCUT2D eigenvalue weighted by molar-refractivity contribution is 0.0478. The first kappa shape index (κ1) is 41.1. The van der Waals surface area contributed by atoms with Crippen LogP contribution in [0, 0.1) is 0 Å². The number of piperidine rings is 2. The van der Waals surface area contributed by atoms with Crippen molar-refractivity contribution in [3.8, 4) is 0 Å². The molecule has 14 heteroatoms. The molecule has 0 spiro atoms. The lowest BCUT2D eigenvalue weighted by Gasteiger charge is -2.33. The minimum atomic E-state index is -0.506. The number of rotatable bonds is 9. The summed E-state index contributed by atoms with van der Waals surface area (Å²) in [7, 11) is 3.13. The van der Waals surface area contributed by atoms with Gasteiger partial charge in [-0.1, -0.05) is 36.4 Å². The van der Waals surface area contributed by atoms with Gasteiger partial charge in [0.05, 0.1) is 22.2 Å². The fraction of sp³-hybridized carbons (Fsp3) is 0.488. The number of nitrogens with zero attached hydrogens (tertiary/aromatic N) is 4. The van der Waals surface area contributed by atoms with Gasteiger partial charge < -0.3 is 45.4 Å². The SMILES string of the molecule is CNC(=O)c1cc(=O)n(CCN2CCC(N)CC2)c2ccccc12.CNC(=O)c1cc(=O)n(CCN2CCC(NC(=O)OC(C)(C)C)CC2)c2ccccc12. The van der Waals surface area contributed by atoms with Crippen LogP contribution in [0.4, 0.5) is 4.79 Å². The molecule has 4 heterocycles. The standard InChI is InChI=1S/C23H32N4O4.C18H24N4O2/c1-23(2,3)31-22(30)25-16-9-11-26(12-10-16)13-14-27-19-8-6-5-7-17(19)18(15-20(27)28)21(29)24-4;1-20-18(24)15-12-17(23)22(16-5-3-2-4-14(15)16)11-10-21-8-6-13(19)7-9-21/h5-8,15-16H,9-14H2,1-4H3,(H,24,29)(H,25,30);2-5,12-13H,6-11,19H2,1H3,(H,20,24). The van der Waals surface area contributed by atoms with Gasteiger partial charge in [-0.2, -0.15) is 0 Å². The van der Waals surface area contributed by atoms with E-state index in [0.29, 0.717) is 30.3 Å². The summed E-state index contributed by atoms with van der Waals surface area (Å²) in [6, 6.07) is 18.3. The Bertz CT molecular complexity index is 2090. The minimum Gasteiger partial charge on any atom is -0.444 e. The van der Waals surface area contributed by atoms with Crippen LogP contribution in [0.5, 0.6) is 0 Å². The highest BCUT2D eigenvalue weighted by atomic mass is 16.6. The largest absolute Gasteiger partial charge is 0.444 e. The Kier molecular flexibility index (Phi) is 13.8. The molecule has 0 bridgehead atoms. The number of hydrogen-bond donors (Lipinski definition) is 4. The Morgan fingerprint density at radius 2 is 1.11 bits per heavy atom. The number of para-hydroxylation sites is 2. The molecule has 296 valence electrons. The molecule has 2 aromatic heterocycles. The van der Waals surface area contributed by atoms with Crippen LogP contribution in [0.3, 0.4) is 0 Å². The molecular formula is C41H56N8O6. The predicted molar refractivity (Wildman–Crippen MR) is 216 cm³/mol. The summed E-state index contributed by atoms with van der Waals surface area (Å²) in [5, 5.41) is 9.71. The molecule has 2 aromatic carbocycles. The summed E-state index contributed by atoms with van der Waals surface area (Å²) in [5.74, 6) is -0.500. The number of likely N-dealkylation sites (tertiary alicyclic amines) is 2. The van der Waals surface area contributed by atoms with Crippen molar-refractivity contribution in [1.29, 1.82) is 0 Å². The molecule has 14 nitrogen and oxygen atoms in total. The van der Waals surface area contributed by atoms with Crippen LogP contribution in [0.1, 0.15) is 67.2 Å². The number of alkyl carbamates (subject to hydrolysis) is 1. The number of hydrogen-bond acceptors (Lipinski definition) is 9. The van der Waals surface area contributed by atoms with Crippen molar-refractivity contribution in [2.45, 2.75) is 77.2 Å². The summed E-state index contributed by atoms with van der Waals surface area (Å²) < 4.78 is 8.82. The Hall–Kier alpha value is -5.05. The van der Waals surface area contributed by atoms with Crippen molar-refractivity contribution in [3.05, 3.63) is 92.5 Å². The van der Waals surface area contributed by atoms with Crippen molar-refractivity contribution in [1.82, 2.24) is 34.9 Å². The van der Waals surface area contributed by atoms with E-state index in [9.17, 15) is 24.0 Å². The maximum absolute atomic E-state index is 12.7. The van der Waals surface area contributed by atoms with Crippen molar-refractivity contribution < 1.29 is 19.1 Å². The second-order valence-electron chi connectivity index (χ2n) is 15.2. The first-order chi connectivity index (χ1) is 26.3. The van der Waals surface area contributed by atoms with Crippen LogP contribution in [-0.2, 0) is 17.8 Å². The molecule has 0 atom stereocenters. The fourth-order valence-corrected chi connectivity index (χ4v) is 7.21. The zero-order chi connectivity index (χ0) is 39.7. The van der Waals surface area contributed by atoms with E-state index in [4.69, 9.17) is 10.5 Å². The average Bonchev–Trinajstić information content (AvgIpc) is 3.16. The maximum Gasteiger partial charge on any atom is 0.407 e. The highest BCUT2D eigenvalue weighted by Gasteiger charge is 2.24. The number of benzene rings is 2. The maximum atomic E-state index is 12.7. The molecule has 2 aliphatic heterocycles. The van der Waals surface area contributed by atoms with Gasteiger partial charge >= 0.3 is 6.09 Å². The van der Waals surface area contributed by atoms with Crippen LogP contribution in [-0.4, -0.2) is 108 Å². The average molecular weight is 757 g/mol. The zero-order valence-electron chi connectivity index (χ0n) is 32.7. The molecule has 5 N–H and O–H groups in total. The molecule has 3 amide bonds. The summed E-state index contributed by atoms with van der Waals surface area (Å²) in [5.41, 5.74) is 7.50. The Morgan fingerprint density at radius 1 is 0.691 bits per heavy atom. The number of ether oxygens (including phenoxy) is 1. The number of nitrogens with two attached hydrogens (primary N) is 1. The van der Waals surface area contributed by atoms with E-state index in [1.165, 1.54) is 12.1 Å². The second-order valence-corrected chi connectivity index (χ2v) is 15.2. The van der Waals surface area contributed by atoms with E-state index in [-0.39, 0.29) is 35.1 Å². The van der Waals surface area contributed by atoms with Gasteiger partial charge in [-0.05, 0) is 71.7 Å². The third-order valence-corrected chi connectivity index (χ3v) is 10.2. The van der Waals surface area contributed by atoms with Crippen LogP contribution >= 0.6 is 0 Å². The van der Waals surface area contributed by atoms with Gasteiger partial charge in [-0.25, -0.2) is 4.79 Å². The summed E-state index contributed by atoms with van der Waals surface area (Å²) in [6.45, 7) is 11.9. The van der Waals surface area contributed by atoms with Gasteiger partial charge in [0.15, 0.2) is 0 Å². The van der Waals surface area contributed by atoms with E-state index in [0.717, 1.165) is 86.8 Å². The topological polar surface area (TPSA) is 173 Å². The molecule has 2 saturated heterocycles. The summed E-state index contributed by atoms with van der Waals surface area (Å²) in [6.07, 6.45) is 3.31. The van der Waals surface area contributed by atoms with Crippen LogP contribution in [0.2, 0.25) is 0 Å². The van der Waals surface area contributed by atoms with E-state index >= 15 is 0 Å². The number of aromatic nitrogens is 2. The first-order valence-electron chi connectivity index (χ1n) is 19.2. The quantitative estimate of drug-likeness (QED) is 0.200. The number of nitrogens with one attached hydrogen (secondary N) is 3. The molecular weight excluding hydrogens is 701 g/mol. The zero-order valence-corrected chi connectivity index (χ0v) is 32.7. The molecule has 2 fully saturated rings. The molecule has 0 saturated carbocycles. The lowest BCUT2D eigenvalue weighted by Crippen LogP contribution is -2.46. The van der Waals surface area contributed by atoms with E-state index in [1.54, 1.807) is 23.2 Å². The smallest absolute Gasteiger partial charge is 0.407 e. The third kappa shape index (κ3) is 10.8. The summed E-state index contributed by atoms with van der Waals surface area (Å²) >= 11 is 0. The van der Waals surface area contributed by atoms with E-state index in [1.807, 2.05) is 69.3 Å². The number of carbonyl (C=O) groups excluding carboxylic acids is 3. The fourth-order valence-electron chi connectivity index (χ4n) is 7.21. The van der Waals surface area contributed by atoms with Gasteiger partial charge in [-0.15, -0.1) is 0 Å². The second kappa shape index (κ2) is 18.5. The molecule has 6 rings (SSSR count). The summed E-state index contributed by atoms with van der Waals surface area (Å²) in [4.78, 5) is 66.1. The van der Waals surface area contributed by atoms with Crippen LogP contribution < -0.4 is 32.8 Å². The molecule has 0 unspecified atom stereocenters. The van der Waals surface area contributed by atoms with Gasteiger partial charge in [0.2, 0.25) is 0 Å². The number of fused-ring (bicyclic) bond motifs is 2. The van der Waals surface area contributed by atoms with Crippen molar-refractivity contribution in [2.75, 3.05) is 53.4 Å². The Morgan fingerprint density at radius 3 is 1.53 bits per heavy atom. The van der Waals surface area contributed by atoms with E-state index in [2.05, 4.69) is 25.8 Å². The molecule has 2 aliphatic rings. The van der Waals surface area contributed by atoms with Crippen molar-refractivity contribution >= 4 is 39.7 Å². The van der Waals surface area contributed by atoms with Gasteiger partial charge in [-0.3, -0.25) is 19.2 Å². The number of pyridine rings is 2. The third-order valence-electron chi connectivity index (χ3n) is 10.2. The number of carbonyl (C=O) groups is 3. The Balaban J connectivity index is 0.000000218. The predicted octanol–water partition coefficient (Wildman–Crippen LogP) is 3.13. The highest BCUT2D eigenvalue weighted by Crippen LogP contribution is 2.19. The lowest BCUT2D eigenvalue weighted by atomic mass is 10.1. The molecule has 4 aromatic rings. The highest BCUT2D eigenvalue weighted by molar-refractivity contribution is 6.06. The van der Waals surface area contributed by atoms with Gasteiger partial charge in [0.1, 0.15) is 5.60 Å². The molecule has 0 radical (unpaired) electrons. The van der Waals surface area contributed by atoms with Crippen LogP contribution in [0.25, 0.3) is 21.8 Å². The van der Waals surface area contributed by atoms with Gasteiger partial charge in [0, 0.05) is 88.4 Å². The minimum absolute atomic E-state index is 0.0986. The van der Waals surface area contributed by atoms with E-state index < -0.39 is 5.60 Å². The molecule has 0 aliphatic carbocycles. The molecule has 55 heavy (non-hydrogen) atoms. The van der Waals surface area contributed by atoms with Crippen molar-refractivity contribution in [2.24, 2.45) is 5.73 Å². The number of amides is 3. The van der Waals surface area contributed by atoms with Crippen LogP contribution in [0.15, 0.2) is 70.3 Å².